The number of fused-ring (bicyclic) bond motifs is 3. The van der Waals surface area contributed by atoms with Gasteiger partial charge in [-0.1, -0.05) is 60.6 Å². The molecule has 1 fully saturated rings. The van der Waals surface area contributed by atoms with Crippen LogP contribution < -0.4 is 16.1 Å². The second kappa shape index (κ2) is 13.4. The first-order chi connectivity index (χ1) is 20.4. The lowest BCUT2D eigenvalue weighted by atomic mass is 9.79. The maximum atomic E-state index is 6.07. The first-order valence-electron chi connectivity index (χ1n) is 13.3. The van der Waals surface area contributed by atoms with Crippen molar-refractivity contribution in [1.29, 1.82) is 0 Å². The fourth-order valence-electron chi connectivity index (χ4n) is 4.06. The van der Waals surface area contributed by atoms with E-state index in [4.69, 9.17) is 9.31 Å². The van der Waals surface area contributed by atoms with Crippen LogP contribution >= 0.6 is 81.8 Å². The molecule has 0 aliphatic carbocycles. The molecule has 7 rings (SSSR count). The lowest BCUT2D eigenvalue weighted by Gasteiger charge is -2.32. The number of hydrogen-bond acceptors (Lipinski definition) is 10. The number of benzene rings is 3. The van der Waals surface area contributed by atoms with Gasteiger partial charge in [0.1, 0.15) is 0 Å². The van der Waals surface area contributed by atoms with Gasteiger partial charge >= 0.3 is 7.12 Å². The average molecular weight is 826 g/mol. The fraction of sp³-hybridized carbons (Fsp3) is 0.276. The molecule has 0 bridgehead atoms. The summed E-state index contributed by atoms with van der Waals surface area (Å²) in [5, 5.41) is 7.99. The molecule has 2 N–H and O–H groups in total. The molecular formula is C29H29BBr3N5O2S3. The Balaban J connectivity index is 0.000000137. The minimum Gasteiger partial charge on any atom is -0.399 e. The van der Waals surface area contributed by atoms with E-state index in [2.05, 4.69) is 131 Å². The van der Waals surface area contributed by atoms with E-state index in [1.54, 1.807) is 34.0 Å². The molecule has 14 heteroatoms. The van der Waals surface area contributed by atoms with Crippen molar-refractivity contribution in [2.24, 2.45) is 0 Å². The van der Waals surface area contributed by atoms with Gasteiger partial charge in [0, 0.05) is 23.0 Å². The van der Waals surface area contributed by atoms with Gasteiger partial charge in [-0.2, -0.15) is 0 Å². The van der Waals surface area contributed by atoms with E-state index in [1.165, 1.54) is 9.40 Å². The summed E-state index contributed by atoms with van der Waals surface area (Å²) >= 11 is 15.1. The first kappa shape index (κ1) is 32.7. The van der Waals surface area contributed by atoms with Crippen molar-refractivity contribution < 1.29 is 9.31 Å². The van der Waals surface area contributed by atoms with Crippen LogP contribution in [-0.4, -0.2) is 47.4 Å². The molecule has 3 aromatic heterocycles. The van der Waals surface area contributed by atoms with Gasteiger partial charge in [-0.25, -0.2) is 15.0 Å². The molecule has 0 unspecified atom stereocenters. The van der Waals surface area contributed by atoms with Gasteiger partial charge in [0.05, 0.1) is 41.9 Å². The summed E-state index contributed by atoms with van der Waals surface area (Å²) in [4.78, 5) is 13.2. The summed E-state index contributed by atoms with van der Waals surface area (Å²) in [5.74, 6) is 0. The molecule has 1 aliphatic heterocycles. The van der Waals surface area contributed by atoms with Crippen LogP contribution in [0, 0.1) is 0 Å². The molecular weight excluding hydrogens is 797 g/mol. The topological polar surface area (TPSA) is 81.2 Å². The minimum atomic E-state index is -0.330. The number of halogens is 3. The molecule has 0 spiro atoms. The van der Waals surface area contributed by atoms with Gasteiger partial charge < -0.3 is 19.9 Å². The second-order valence-electron chi connectivity index (χ2n) is 10.5. The normalized spacial score (nSPS) is 15.2. The maximum Gasteiger partial charge on any atom is 0.494 e. The van der Waals surface area contributed by atoms with E-state index < -0.39 is 0 Å². The van der Waals surface area contributed by atoms with Crippen LogP contribution in [0.25, 0.3) is 30.6 Å². The molecule has 43 heavy (non-hydrogen) atoms. The smallest absolute Gasteiger partial charge is 0.399 e. The Bertz CT molecular complexity index is 1880. The molecule has 0 atom stereocenters. The summed E-state index contributed by atoms with van der Waals surface area (Å²) in [7, 11) is 3.43. The highest BCUT2D eigenvalue weighted by molar-refractivity contribution is 9.11. The van der Waals surface area contributed by atoms with E-state index in [9.17, 15) is 0 Å². The Hall–Kier alpha value is -1.65. The number of nitrogens with one attached hydrogen (secondary N) is 2. The molecule has 3 aromatic carbocycles. The van der Waals surface area contributed by atoms with Crippen molar-refractivity contribution in [2.45, 2.75) is 38.9 Å². The summed E-state index contributed by atoms with van der Waals surface area (Å²) < 4.78 is 18.8. The van der Waals surface area contributed by atoms with Gasteiger partial charge in [-0.05, 0) is 97.6 Å². The number of aromatic nitrogens is 3. The Kier molecular flexibility index (Phi) is 10.2. The third-order valence-corrected chi connectivity index (χ3v) is 11.6. The monoisotopic (exact) mass is 823 g/mol. The number of thiazole rings is 3. The predicted octanol–water partition coefficient (Wildman–Crippen LogP) is 9.56. The Morgan fingerprint density at radius 1 is 0.628 bits per heavy atom. The van der Waals surface area contributed by atoms with Gasteiger partial charge in [-0.3, -0.25) is 0 Å². The Morgan fingerprint density at radius 3 is 1.58 bits per heavy atom. The molecule has 1 aliphatic rings. The first-order valence-corrected chi connectivity index (χ1v) is 18.1. The lowest BCUT2D eigenvalue weighted by Crippen LogP contribution is -2.41. The van der Waals surface area contributed by atoms with E-state index in [0.29, 0.717) is 0 Å². The van der Waals surface area contributed by atoms with Crippen LogP contribution in [-0.2, 0) is 9.31 Å². The van der Waals surface area contributed by atoms with E-state index in [0.717, 1.165) is 49.8 Å². The summed E-state index contributed by atoms with van der Waals surface area (Å²) in [6, 6.07) is 18.4. The van der Waals surface area contributed by atoms with Crippen molar-refractivity contribution in [3.05, 3.63) is 67.5 Å². The third-order valence-electron chi connectivity index (χ3n) is 7.04. The highest BCUT2D eigenvalue weighted by Crippen LogP contribution is 2.37. The predicted molar refractivity (Wildman–Crippen MR) is 197 cm³/mol. The largest absolute Gasteiger partial charge is 0.494 e. The molecule has 0 radical (unpaired) electrons. The van der Waals surface area contributed by atoms with Gasteiger partial charge in [0.25, 0.3) is 0 Å². The van der Waals surface area contributed by atoms with Crippen molar-refractivity contribution in [3.8, 4) is 0 Å². The van der Waals surface area contributed by atoms with Crippen molar-refractivity contribution in [3.63, 3.8) is 0 Å². The van der Waals surface area contributed by atoms with Crippen molar-refractivity contribution >= 4 is 135 Å². The van der Waals surface area contributed by atoms with Gasteiger partial charge in [0.15, 0.2) is 14.2 Å². The highest BCUT2D eigenvalue weighted by Gasteiger charge is 2.51. The second-order valence-corrected chi connectivity index (χ2v) is 16.7. The van der Waals surface area contributed by atoms with Crippen LogP contribution in [0.2, 0.25) is 0 Å². The van der Waals surface area contributed by atoms with Crippen molar-refractivity contribution in [2.75, 3.05) is 24.7 Å². The molecule has 7 nitrogen and oxygen atoms in total. The lowest BCUT2D eigenvalue weighted by molar-refractivity contribution is 0.00578. The van der Waals surface area contributed by atoms with Crippen molar-refractivity contribution in [1.82, 2.24) is 15.0 Å². The molecule has 6 aromatic rings. The van der Waals surface area contributed by atoms with Crippen LogP contribution in [0.3, 0.4) is 0 Å². The van der Waals surface area contributed by atoms with E-state index >= 15 is 0 Å². The maximum absolute atomic E-state index is 6.07. The number of rotatable bonds is 3. The van der Waals surface area contributed by atoms with E-state index in [1.807, 2.05) is 38.4 Å². The van der Waals surface area contributed by atoms with Crippen LogP contribution in [0.15, 0.2) is 67.5 Å². The number of anilines is 2. The van der Waals surface area contributed by atoms with Crippen LogP contribution in [0.1, 0.15) is 27.7 Å². The zero-order valence-corrected chi connectivity index (χ0v) is 31.5. The third kappa shape index (κ3) is 7.60. The van der Waals surface area contributed by atoms with Crippen LogP contribution in [0.4, 0.5) is 10.3 Å². The zero-order valence-electron chi connectivity index (χ0n) is 24.3. The minimum absolute atomic E-state index is 0.315. The zero-order chi connectivity index (χ0) is 30.9. The molecule has 224 valence electrons. The molecule has 1 saturated heterocycles. The summed E-state index contributed by atoms with van der Waals surface area (Å²) in [6.45, 7) is 8.25. The Labute approximate surface area is 288 Å². The number of nitrogens with zero attached hydrogens (tertiary/aromatic N) is 3. The average Bonchev–Trinajstić information content (AvgIpc) is 3.70. The standard InChI is InChI=1S/C14H19BN2O2S.C8H7BrN2S.C7H3Br2NS/c1-13(2)14(3,4)19-15(18-13)9-6-7-11-10(8-9)17-12(16-5)20-11;1-10-8-11-6-4-5(9)2-3-7(6)12-8;8-4-1-2-6-5(3-4)10-7(9)11-6/h6-8H,1-5H3,(H,16,17);2-4H,1H3,(H,10,11);1-3H. The molecule has 0 amide bonds. The van der Waals surface area contributed by atoms with Gasteiger partial charge in [-0.15, -0.1) is 11.3 Å². The SMILES string of the molecule is Brc1ccc2sc(Br)nc2c1.CNc1nc2cc(B3OC(C)(C)C(C)(C)O3)ccc2s1.CNc1nc2cc(Br)ccc2s1. The summed E-state index contributed by atoms with van der Waals surface area (Å²) in [6.07, 6.45) is 0. The van der Waals surface area contributed by atoms with Crippen LogP contribution in [0.5, 0.6) is 0 Å². The molecule has 0 saturated carbocycles. The molecule has 4 heterocycles. The summed E-state index contributed by atoms with van der Waals surface area (Å²) in [5.41, 5.74) is 3.45. The number of hydrogen-bond donors (Lipinski definition) is 2. The van der Waals surface area contributed by atoms with Gasteiger partial charge in [0.2, 0.25) is 0 Å². The highest BCUT2D eigenvalue weighted by atomic mass is 79.9. The fourth-order valence-corrected chi connectivity index (χ4v) is 7.74. The Morgan fingerprint density at radius 2 is 1.07 bits per heavy atom. The quantitative estimate of drug-likeness (QED) is 0.172. The van der Waals surface area contributed by atoms with E-state index in [-0.39, 0.29) is 18.3 Å².